The molecule has 0 bridgehead atoms. The van der Waals surface area contributed by atoms with Gasteiger partial charge in [-0.3, -0.25) is 4.90 Å². The first-order chi connectivity index (χ1) is 11.7. The summed E-state index contributed by atoms with van der Waals surface area (Å²) >= 11 is 3.53. The number of fused-ring (bicyclic) bond motifs is 2. The Morgan fingerprint density at radius 2 is 2.25 bits per heavy atom. The molecule has 3 heterocycles. The maximum atomic E-state index is 4.74. The zero-order chi connectivity index (χ0) is 16.5. The number of aryl methyl sites for hydroxylation is 1. The lowest BCUT2D eigenvalue weighted by Gasteiger charge is -2.27. The Morgan fingerprint density at radius 1 is 1.33 bits per heavy atom. The molecule has 0 saturated carbocycles. The summed E-state index contributed by atoms with van der Waals surface area (Å²) in [4.78, 5) is 15.1. The summed E-state index contributed by atoms with van der Waals surface area (Å²) in [6.45, 7) is 5.12. The van der Waals surface area contributed by atoms with Crippen LogP contribution in [0.4, 0.5) is 0 Å². The summed E-state index contributed by atoms with van der Waals surface area (Å²) < 4.78 is 1.11. The molecule has 2 aromatic heterocycles. The van der Waals surface area contributed by atoms with E-state index in [1.807, 2.05) is 6.20 Å². The molecule has 0 saturated heterocycles. The fourth-order valence-corrected chi connectivity index (χ4v) is 3.79. The number of hydrogen-bond donors (Lipinski definition) is 1. The van der Waals surface area contributed by atoms with Gasteiger partial charge >= 0.3 is 0 Å². The van der Waals surface area contributed by atoms with Gasteiger partial charge in [0, 0.05) is 71.5 Å². The molecule has 0 fully saturated rings. The van der Waals surface area contributed by atoms with Crippen molar-refractivity contribution in [2.24, 2.45) is 0 Å². The number of nitrogens with zero attached hydrogens (tertiary/aromatic N) is 3. The number of benzene rings is 1. The van der Waals surface area contributed by atoms with Crippen LogP contribution >= 0.6 is 15.9 Å². The van der Waals surface area contributed by atoms with Gasteiger partial charge in [0.05, 0.1) is 0 Å². The van der Waals surface area contributed by atoms with E-state index in [1.54, 1.807) is 0 Å². The number of nitrogens with one attached hydrogen (secondary N) is 1. The van der Waals surface area contributed by atoms with Crippen LogP contribution < -0.4 is 0 Å². The second-order valence-corrected chi connectivity index (χ2v) is 7.39. The molecular formula is C19H21BrN4. The number of H-pyrrole nitrogens is 1. The highest BCUT2D eigenvalue weighted by Gasteiger charge is 2.19. The zero-order valence-electron chi connectivity index (χ0n) is 13.8. The molecule has 0 amide bonds. The Labute approximate surface area is 150 Å². The predicted molar refractivity (Wildman–Crippen MR) is 99.8 cm³/mol. The minimum atomic E-state index is 0.935. The molecule has 0 atom stereocenters. The summed E-state index contributed by atoms with van der Waals surface area (Å²) in [5.74, 6) is 0.993. The quantitative estimate of drug-likeness (QED) is 0.731. The molecule has 1 aliphatic rings. The molecule has 4 nitrogen and oxygen atoms in total. The number of aromatic nitrogens is 3. The molecule has 124 valence electrons. The van der Waals surface area contributed by atoms with Crippen molar-refractivity contribution in [1.82, 2.24) is 19.9 Å². The molecule has 4 rings (SSSR count). The first kappa shape index (κ1) is 15.8. The normalized spacial score (nSPS) is 14.9. The molecule has 0 spiro atoms. The summed E-state index contributed by atoms with van der Waals surface area (Å²) in [7, 11) is 0. The summed E-state index contributed by atoms with van der Waals surface area (Å²) in [5.41, 5.74) is 5.06. The molecule has 1 aromatic carbocycles. The van der Waals surface area contributed by atoms with E-state index in [2.05, 4.69) is 62.1 Å². The second-order valence-electron chi connectivity index (χ2n) is 6.47. The Hall–Kier alpha value is -1.72. The van der Waals surface area contributed by atoms with Crippen LogP contribution in [0.5, 0.6) is 0 Å². The highest BCUT2D eigenvalue weighted by Crippen LogP contribution is 2.25. The number of aromatic amines is 1. The van der Waals surface area contributed by atoms with Gasteiger partial charge in [0.2, 0.25) is 0 Å². The molecule has 24 heavy (non-hydrogen) atoms. The average molecular weight is 385 g/mol. The standard InChI is InChI=1S/C19H21BrN4/c1-2-3-19-22-10-14-12-24(7-6-17(14)23-19)11-13-9-21-18-8-15(20)4-5-16(13)18/h4-5,8-10,21H,2-3,6-7,11-12H2,1H3. The third kappa shape index (κ3) is 3.10. The molecule has 1 aliphatic heterocycles. The van der Waals surface area contributed by atoms with E-state index in [4.69, 9.17) is 4.98 Å². The molecule has 0 unspecified atom stereocenters. The van der Waals surface area contributed by atoms with Gasteiger partial charge in [-0.05, 0) is 24.1 Å². The van der Waals surface area contributed by atoms with Gasteiger partial charge in [0.25, 0.3) is 0 Å². The summed E-state index contributed by atoms with van der Waals surface area (Å²) in [6.07, 6.45) is 7.26. The first-order valence-electron chi connectivity index (χ1n) is 8.54. The van der Waals surface area contributed by atoms with Gasteiger partial charge in [-0.15, -0.1) is 0 Å². The smallest absolute Gasteiger partial charge is 0.128 e. The molecule has 3 aromatic rings. The fraction of sp³-hybridized carbons (Fsp3) is 0.368. The Bertz CT molecular complexity index is 871. The van der Waals surface area contributed by atoms with Gasteiger partial charge in [-0.1, -0.05) is 28.9 Å². The van der Waals surface area contributed by atoms with E-state index in [0.29, 0.717) is 0 Å². The van der Waals surface area contributed by atoms with Crippen LogP contribution in [0, 0.1) is 0 Å². The largest absolute Gasteiger partial charge is 0.361 e. The van der Waals surface area contributed by atoms with Crippen molar-refractivity contribution >= 4 is 26.8 Å². The van der Waals surface area contributed by atoms with E-state index in [9.17, 15) is 0 Å². The van der Waals surface area contributed by atoms with Crippen molar-refractivity contribution in [2.75, 3.05) is 6.54 Å². The minimum Gasteiger partial charge on any atom is -0.361 e. The van der Waals surface area contributed by atoms with Crippen LogP contribution in [0.2, 0.25) is 0 Å². The lowest BCUT2D eigenvalue weighted by atomic mass is 10.1. The minimum absolute atomic E-state index is 0.935. The Morgan fingerprint density at radius 3 is 3.12 bits per heavy atom. The average Bonchev–Trinajstić information content (AvgIpc) is 2.97. The molecular weight excluding hydrogens is 364 g/mol. The van der Waals surface area contributed by atoms with Gasteiger partial charge in [-0.2, -0.15) is 0 Å². The Kier molecular flexibility index (Phi) is 4.37. The van der Waals surface area contributed by atoms with Gasteiger partial charge in [0.1, 0.15) is 5.82 Å². The second kappa shape index (κ2) is 6.65. The summed E-state index contributed by atoms with van der Waals surface area (Å²) in [6, 6.07) is 6.42. The van der Waals surface area contributed by atoms with Crippen molar-refractivity contribution in [3.63, 3.8) is 0 Å². The molecule has 5 heteroatoms. The number of hydrogen-bond acceptors (Lipinski definition) is 3. The van der Waals surface area contributed by atoms with Crippen LogP contribution in [0.1, 0.15) is 36.0 Å². The topological polar surface area (TPSA) is 44.8 Å². The lowest BCUT2D eigenvalue weighted by Crippen LogP contribution is -2.31. The summed E-state index contributed by atoms with van der Waals surface area (Å²) in [5, 5.41) is 1.30. The van der Waals surface area contributed by atoms with Gasteiger partial charge < -0.3 is 4.98 Å². The van der Waals surface area contributed by atoms with Crippen LogP contribution in [0.25, 0.3) is 10.9 Å². The Balaban J connectivity index is 1.52. The van der Waals surface area contributed by atoms with Crippen molar-refractivity contribution < 1.29 is 0 Å². The molecule has 0 radical (unpaired) electrons. The van der Waals surface area contributed by atoms with E-state index in [0.717, 1.165) is 49.2 Å². The van der Waals surface area contributed by atoms with Crippen LogP contribution in [-0.2, 0) is 25.9 Å². The van der Waals surface area contributed by atoms with Crippen molar-refractivity contribution in [1.29, 1.82) is 0 Å². The fourth-order valence-electron chi connectivity index (χ4n) is 3.43. The molecule has 0 aliphatic carbocycles. The van der Waals surface area contributed by atoms with Gasteiger partial charge in [-0.25, -0.2) is 9.97 Å². The van der Waals surface area contributed by atoms with Crippen LogP contribution in [0.15, 0.2) is 35.1 Å². The number of halogens is 1. The highest BCUT2D eigenvalue weighted by molar-refractivity contribution is 9.10. The maximum Gasteiger partial charge on any atom is 0.128 e. The van der Waals surface area contributed by atoms with Crippen molar-refractivity contribution in [3.05, 3.63) is 57.7 Å². The monoisotopic (exact) mass is 384 g/mol. The van der Waals surface area contributed by atoms with Crippen molar-refractivity contribution in [2.45, 2.75) is 39.3 Å². The third-order valence-electron chi connectivity index (χ3n) is 4.66. The van der Waals surface area contributed by atoms with Gasteiger partial charge in [0.15, 0.2) is 0 Å². The van der Waals surface area contributed by atoms with Crippen LogP contribution in [-0.4, -0.2) is 26.4 Å². The van der Waals surface area contributed by atoms with E-state index >= 15 is 0 Å². The van der Waals surface area contributed by atoms with E-state index in [1.165, 1.54) is 27.7 Å². The lowest BCUT2D eigenvalue weighted by molar-refractivity contribution is 0.243. The third-order valence-corrected chi connectivity index (χ3v) is 5.15. The number of rotatable bonds is 4. The van der Waals surface area contributed by atoms with E-state index in [-0.39, 0.29) is 0 Å². The van der Waals surface area contributed by atoms with E-state index < -0.39 is 0 Å². The van der Waals surface area contributed by atoms with Crippen molar-refractivity contribution in [3.8, 4) is 0 Å². The predicted octanol–water partition coefficient (Wildman–Crippen LogP) is 4.23. The zero-order valence-corrected chi connectivity index (χ0v) is 15.4. The SMILES string of the molecule is CCCc1ncc2c(n1)CCN(Cc1c[nH]c3cc(Br)ccc13)C2. The maximum absolute atomic E-state index is 4.74. The first-order valence-corrected chi connectivity index (χ1v) is 9.34. The highest BCUT2D eigenvalue weighted by atomic mass is 79.9. The molecule has 1 N–H and O–H groups in total. The van der Waals surface area contributed by atoms with Crippen LogP contribution in [0.3, 0.4) is 0 Å².